The molecule has 2 heterocycles. The third kappa shape index (κ3) is 6.50. The van der Waals surface area contributed by atoms with Crippen LogP contribution >= 0.6 is 24.0 Å². The van der Waals surface area contributed by atoms with Gasteiger partial charge in [-0.05, 0) is 31.4 Å². The minimum absolute atomic E-state index is 0. The number of hydrogen-bond acceptors (Lipinski definition) is 4. The molecule has 0 amide bonds. The Morgan fingerprint density at radius 2 is 2.13 bits per heavy atom. The number of pyridine rings is 1. The highest BCUT2D eigenvalue weighted by Gasteiger charge is 2.13. The summed E-state index contributed by atoms with van der Waals surface area (Å²) in [6.07, 6.45) is 4.48. The monoisotopic (exact) mass is 433 g/mol. The largest absolute Gasteiger partial charge is 0.383 e. The number of guanidine groups is 1. The molecule has 1 unspecified atom stereocenters. The zero-order chi connectivity index (χ0) is 15.8. The van der Waals surface area contributed by atoms with E-state index < -0.39 is 0 Å². The molecule has 2 rings (SSSR count). The van der Waals surface area contributed by atoms with Crippen molar-refractivity contribution in [3.8, 4) is 0 Å². The van der Waals surface area contributed by atoms with E-state index in [4.69, 9.17) is 4.74 Å². The average molecular weight is 433 g/mol. The number of methoxy groups -OCH3 is 1. The first-order chi connectivity index (χ1) is 10.7. The number of ether oxygens (including phenoxy) is 1. The van der Waals surface area contributed by atoms with Crippen molar-refractivity contribution in [2.24, 2.45) is 4.99 Å². The van der Waals surface area contributed by atoms with Crippen molar-refractivity contribution in [1.29, 1.82) is 0 Å². The Morgan fingerprint density at radius 1 is 1.39 bits per heavy atom. The number of aliphatic imine (C=N–C) groups is 1. The number of aromatic nitrogens is 1. The van der Waals surface area contributed by atoms with Crippen LogP contribution in [-0.2, 0) is 11.3 Å². The quantitative estimate of drug-likeness (QED) is 0.408. The Balaban J connectivity index is 0.00000264. The van der Waals surface area contributed by atoms with Crippen LogP contribution < -0.4 is 15.5 Å². The number of halogens is 1. The molecule has 23 heavy (non-hydrogen) atoms. The molecule has 6 nitrogen and oxygen atoms in total. The van der Waals surface area contributed by atoms with Crippen molar-refractivity contribution < 1.29 is 4.74 Å². The van der Waals surface area contributed by atoms with Crippen molar-refractivity contribution in [2.45, 2.75) is 32.4 Å². The molecule has 1 aromatic rings. The summed E-state index contributed by atoms with van der Waals surface area (Å²) in [5, 5.41) is 6.57. The molecule has 0 spiro atoms. The van der Waals surface area contributed by atoms with E-state index in [9.17, 15) is 0 Å². The molecule has 1 aliphatic heterocycles. The van der Waals surface area contributed by atoms with E-state index in [2.05, 4.69) is 44.6 Å². The first kappa shape index (κ1) is 20.0. The second-order valence-corrected chi connectivity index (χ2v) is 5.65. The van der Waals surface area contributed by atoms with Gasteiger partial charge in [0, 0.05) is 46.0 Å². The summed E-state index contributed by atoms with van der Waals surface area (Å²) in [6.45, 7) is 5.65. The SMILES string of the molecule is CN=C(NCc1ccc(N2CCCC2)nc1)NC(C)COC.I. The third-order valence-electron chi connectivity index (χ3n) is 3.72. The van der Waals surface area contributed by atoms with E-state index in [0.717, 1.165) is 30.4 Å². The lowest BCUT2D eigenvalue weighted by Crippen LogP contribution is -2.43. The van der Waals surface area contributed by atoms with Crippen molar-refractivity contribution in [3.05, 3.63) is 23.9 Å². The lowest BCUT2D eigenvalue weighted by Gasteiger charge is -2.18. The minimum Gasteiger partial charge on any atom is -0.383 e. The van der Waals surface area contributed by atoms with E-state index in [1.165, 1.54) is 12.8 Å². The molecule has 1 fully saturated rings. The van der Waals surface area contributed by atoms with Crippen LogP contribution in [0.2, 0.25) is 0 Å². The maximum atomic E-state index is 5.11. The van der Waals surface area contributed by atoms with Crippen molar-refractivity contribution in [3.63, 3.8) is 0 Å². The topological polar surface area (TPSA) is 61.8 Å². The van der Waals surface area contributed by atoms with Crippen molar-refractivity contribution in [2.75, 3.05) is 38.8 Å². The Kier molecular flexibility index (Phi) is 9.23. The van der Waals surface area contributed by atoms with Crippen LogP contribution in [-0.4, -0.2) is 50.8 Å². The smallest absolute Gasteiger partial charge is 0.191 e. The second kappa shape index (κ2) is 10.6. The Morgan fingerprint density at radius 3 is 2.70 bits per heavy atom. The highest BCUT2D eigenvalue weighted by molar-refractivity contribution is 14.0. The standard InChI is InChI=1S/C16H27N5O.HI/c1-13(12-22-3)20-16(17-2)19-11-14-6-7-15(18-10-14)21-8-4-5-9-21;/h6-7,10,13H,4-5,8-9,11-12H2,1-3H3,(H2,17,19,20);1H. The minimum atomic E-state index is 0. The zero-order valence-corrected chi connectivity index (χ0v) is 16.5. The molecule has 1 aliphatic rings. The van der Waals surface area contributed by atoms with Gasteiger partial charge < -0.3 is 20.3 Å². The highest BCUT2D eigenvalue weighted by atomic mass is 127. The van der Waals surface area contributed by atoms with E-state index in [1.807, 2.05) is 6.20 Å². The summed E-state index contributed by atoms with van der Waals surface area (Å²) in [4.78, 5) is 11.1. The third-order valence-corrected chi connectivity index (χ3v) is 3.72. The van der Waals surface area contributed by atoms with Gasteiger partial charge in [0.25, 0.3) is 0 Å². The van der Waals surface area contributed by atoms with Gasteiger partial charge in [-0.25, -0.2) is 4.98 Å². The van der Waals surface area contributed by atoms with Crippen LogP contribution in [0.3, 0.4) is 0 Å². The van der Waals surface area contributed by atoms with E-state index in [1.54, 1.807) is 14.2 Å². The summed E-state index contributed by atoms with van der Waals surface area (Å²) in [6, 6.07) is 4.44. The van der Waals surface area contributed by atoms with Crippen LogP contribution in [0.1, 0.15) is 25.3 Å². The zero-order valence-electron chi connectivity index (χ0n) is 14.2. The molecule has 0 saturated carbocycles. The Labute approximate surface area is 156 Å². The normalized spacial score (nSPS) is 16.0. The fourth-order valence-electron chi connectivity index (χ4n) is 2.56. The predicted molar refractivity (Wildman–Crippen MR) is 106 cm³/mol. The average Bonchev–Trinajstić information content (AvgIpc) is 3.06. The predicted octanol–water partition coefficient (Wildman–Crippen LogP) is 2.00. The van der Waals surface area contributed by atoms with Crippen LogP contribution in [0.5, 0.6) is 0 Å². The van der Waals surface area contributed by atoms with Gasteiger partial charge in [0.1, 0.15) is 5.82 Å². The van der Waals surface area contributed by atoms with Crippen LogP contribution in [0.15, 0.2) is 23.3 Å². The van der Waals surface area contributed by atoms with E-state index in [-0.39, 0.29) is 30.0 Å². The number of hydrogen-bond donors (Lipinski definition) is 2. The fraction of sp³-hybridized carbons (Fsp3) is 0.625. The number of nitrogens with one attached hydrogen (secondary N) is 2. The molecule has 130 valence electrons. The van der Waals surface area contributed by atoms with Crippen molar-refractivity contribution >= 4 is 35.8 Å². The molecule has 1 saturated heterocycles. The molecule has 0 radical (unpaired) electrons. The fourth-order valence-corrected chi connectivity index (χ4v) is 2.56. The lowest BCUT2D eigenvalue weighted by atomic mass is 10.2. The molecule has 0 aliphatic carbocycles. The summed E-state index contributed by atoms with van der Waals surface area (Å²) in [7, 11) is 3.46. The van der Waals surface area contributed by atoms with Gasteiger partial charge in [-0.2, -0.15) is 0 Å². The van der Waals surface area contributed by atoms with Crippen LogP contribution in [0, 0.1) is 0 Å². The molecule has 0 aromatic carbocycles. The number of rotatable bonds is 6. The molecule has 7 heteroatoms. The molecular weight excluding hydrogens is 405 g/mol. The summed E-state index contributed by atoms with van der Waals surface area (Å²) >= 11 is 0. The first-order valence-corrected chi connectivity index (χ1v) is 7.89. The lowest BCUT2D eigenvalue weighted by molar-refractivity contribution is 0.179. The van der Waals surface area contributed by atoms with E-state index in [0.29, 0.717) is 13.2 Å². The highest BCUT2D eigenvalue weighted by Crippen LogP contribution is 2.17. The molecule has 2 N–H and O–H groups in total. The summed E-state index contributed by atoms with van der Waals surface area (Å²) < 4.78 is 5.11. The Bertz CT molecular complexity index is 474. The molecular formula is C16H28IN5O. The number of anilines is 1. The van der Waals surface area contributed by atoms with Gasteiger partial charge in [0.05, 0.1) is 6.61 Å². The van der Waals surface area contributed by atoms with E-state index >= 15 is 0 Å². The van der Waals surface area contributed by atoms with Gasteiger partial charge in [0.15, 0.2) is 5.96 Å². The van der Waals surface area contributed by atoms with Gasteiger partial charge in [-0.1, -0.05) is 6.07 Å². The van der Waals surface area contributed by atoms with Crippen LogP contribution in [0.4, 0.5) is 5.82 Å². The van der Waals surface area contributed by atoms with Gasteiger partial charge >= 0.3 is 0 Å². The maximum Gasteiger partial charge on any atom is 0.191 e. The second-order valence-electron chi connectivity index (χ2n) is 5.65. The van der Waals surface area contributed by atoms with Gasteiger partial charge in [-0.15, -0.1) is 24.0 Å². The Hall–Kier alpha value is -1.09. The van der Waals surface area contributed by atoms with Crippen molar-refractivity contribution in [1.82, 2.24) is 15.6 Å². The van der Waals surface area contributed by atoms with Gasteiger partial charge in [-0.3, -0.25) is 4.99 Å². The maximum absolute atomic E-state index is 5.11. The summed E-state index contributed by atoms with van der Waals surface area (Å²) in [5.74, 6) is 1.85. The van der Waals surface area contributed by atoms with Gasteiger partial charge in [0.2, 0.25) is 0 Å². The first-order valence-electron chi connectivity index (χ1n) is 7.89. The summed E-state index contributed by atoms with van der Waals surface area (Å²) in [5.41, 5.74) is 1.14. The molecule has 0 bridgehead atoms. The molecule has 1 atom stereocenters. The van der Waals surface area contributed by atoms with Crippen LogP contribution in [0.25, 0.3) is 0 Å². The molecule has 1 aromatic heterocycles. The number of nitrogens with zero attached hydrogens (tertiary/aromatic N) is 3.